The zero-order chi connectivity index (χ0) is 19.4. The lowest BCUT2D eigenvalue weighted by atomic mass is 10.0. The molecule has 0 spiro atoms. The molecule has 142 valence electrons. The minimum atomic E-state index is -0.587. The molecule has 0 heterocycles. The van der Waals surface area contributed by atoms with Crippen LogP contribution in [0, 0.1) is 18.7 Å². The molecule has 5 nitrogen and oxygen atoms in total. The van der Waals surface area contributed by atoms with Crippen LogP contribution in [0.15, 0.2) is 42.5 Å². The van der Waals surface area contributed by atoms with Crippen molar-refractivity contribution in [1.29, 1.82) is 0 Å². The molecule has 6 heteroatoms. The number of amides is 2. The molecule has 1 fully saturated rings. The minimum absolute atomic E-state index is 0.0384. The third-order valence-electron chi connectivity index (χ3n) is 5.14. The number of carbonyl (C=O) groups excluding carboxylic acids is 2. The highest BCUT2D eigenvalue weighted by atomic mass is 19.1. The molecule has 2 unspecified atom stereocenters. The smallest absolute Gasteiger partial charge is 0.258 e. The van der Waals surface area contributed by atoms with Crippen LogP contribution in [-0.2, 0) is 0 Å². The quantitative estimate of drug-likeness (QED) is 0.756. The van der Waals surface area contributed by atoms with E-state index in [4.69, 9.17) is 5.73 Å². The Balaban J connectivity index is 1.75. The van der Waals surface area contributed by atoms with Crippen molar-refractivity contribution >= 4 is 17.5 Å². The number of nitrogens with one attached hydrogen (secondary N) is 2. The summed E-state index contributed by atoms with van der Waals surface area (Å²) in [5.74, 6) is -1.02. The summed E-state index contributed by atoms with van der Waals surface area (Å²) in [7, 11) is 0. The summed E-state index contributed by atoms with van der Waals surface area (Å²) >= 11 is 0. The van der Waals surface area contributed by atoms with E-state index in [0.717, 1.165) is 24.8 Å². The Morgan fingerprint density at radius 3 is 2.67 bits per heavy atom. The Morgan fingerprint density at radius 2 is 1.93 bits per heavy atom. The lowest BCUT2D eigenvalue weighted by molar-refractivity contribution is 0.0927. The van der Waals surface area contributed by atoms with E-state index in [9.17, 15) is 14.0 Å². The summed E-state index contributed by atoms with van der Waals surface area (Å²) in [5.41, 5.74) is 7.46. The van der Waals surface area contributed by atoms with E-state index in [-0.39, 0.29) is 17.5 Å². The van der Waals surface area contributed by atoms with Crippen LogP contribution in [-0.4, -0.2) is 24.4 Å². The van der Waals surface area contributed by atoms with Crippen LogP contribution in [0.25, 0.3) is 0 Å². The van der Waals surface area contributed by atoms with Crippen molar-refractivity contribution in [3.05, 3.63) is 65.0 Å². The number of hydrogen-bond acceptors (Lipinski definition) is 3. The number of benzene rings is 2. The molecule has 2 aromatic rings. The molecule has 0 aliphatic heterocycles. The molecule has 2 atom stereocenters. The van der Waals surface area contributed by atoms with Crippen molar-refractivity contribution in [3.63, 3.8) is 0 Å². The number of hydrogen-bond donors (Lipinski definition) is 3. The minimum Gasteiger partial charge on any atom is -0.349 e. The van der Waals surface area contributed by atoms with Crippen LogP contribution in [0.3, 0.4) is 0 Å². The van der Waals surface area contributed by atoms with Gasteiger partial charge in [0.25, 0.3) is 11.8 Å². The predicted molar refractivity (Wildman–Crippen MR) is 103 cm³/mol. The molecule has 1 aliphatic rings. The largest absolute Gasteiger partial charge is 0.349 e. The van der Waals surface area contributed by atoms with Gasteiger partial charge in [-0.1, -0.05) is 24.6 Å². The second-order valence-corrected chi connectivity index (χ2v) is 6.97. The standard InChI is InChI=1S/C21H24FN3O2/c1-13-9-10-14(20(26)24-18-8-4-5-15(18)12-23)11-19(13)25-21(27)16-6-2-3-7-17(16)22/h2-3,6-7,9-11,15,18H,4-5,8,12,23H2,1H3,(H,24,26)(H,25,27). The number of aryl methyl sites for hydroxylation is 1. The Morgan fingerprint density at radius 1 is 1.15 bits per heavy atom. The van der Waals surface area contributed by atoms with Crippen LogP contribution in [0.4, 0.5) is 10.1 Å². The SMILES string of the molecule is Cc1ccc(C(=O)NC2CCCC2CN)cc1NC(=O)c1ccccc1F. The first-order valence-electron chi connectivity index (χ1n) is 9.17. The van der Waals surface area contributed by atoms with E-state index in [1.54, 1.807) is 24.3 Å². The van der Waals surface area contributed by atoms with Crippen LogP contribution in [0.5, 0.6) is 0 Å². The summed E-state index contributed by atoms with van der Waals surface area (Å²) in [4.78, 5) is 25.0. The van der Waals surface area contributed by atoms with Gasteiger partial charge in [0.05, 0.1) is 5.56 Å². The van der Waals surface area contributed by atoms with Crippen LogP contribution >= 0.6 is 0 Å². The summed E-state index contributed by atoms with van der Waals surface area (Å²) in [6.07, 6.45) is 3.01. The van der Waals surface area contributed by atoms with Gasteiger partial charge in [-0.3, -0.25) is 9.59 Å². The Hall–Kier alpha value is -2.73. The summed E-state index contributed by atoms with van der Waals surface area (Å²) in [6, 6.07) is 11.0. The number of halogens is 1. The monoisotopic (exact) mass is 369 g/mol. The van der Waals surface area contributed by atoms with Crippen LogP contribution in [0.1, 0.15) is 45.5 Å². The van der Waals surface area contributed by atoms with Crippen molar-refractivity contribution < 1.29 is 14.0 Å². The zero-order valence-corrected chi connectivity index (χ0v) is 15.3. The predicted octanol–water partition coefficient (Wildman–Crippen LogP) is 3.24. The molecule has 3 rings (SSSR count). The molecular formula is C21H24FN3O2. The molecule has 0 saturated heterocycles. The first-order chi connectivity index (χ1) is 13.0. The third-order valence-corrected chi connectivity index (χ3v) is 5.14. The molecule has 0 aromatic heterocycles. The van der Waals surface area contributed by atoms with Gasteiger partial charge in [0.1, 0.15) is 5.82 Å². The number of nitrogens with two attached hydrogens (primary N) is 1. The molecular weight excluding hydrogens is 345 g/mol. The van der Waals surface area contributed by atoms with Crippen molar-refractivity contribution in [2.45, 2.75) is 32.2 Å². The normalized spacial score (nSPS) is 18.9. The molecule has 4 N–H and O–H groups in total. The van der Waals surface area contributed by atoms with E-state index in [0.29, 0.717) is 23.7 Å². The average molecular weight is 369 g/mol. The molecule has 2 amide bonds. The van der Waals surface area contributed by atoms with E-state index >= 15 is 0 Å². The van der Waals surface area contributed by atoms with Gasteiger partial charge in [-0.05, 0) is 62.1 Å². The summed E-state index contributed by atoms with van der Waals surface area (Å²) in [6.45, 7) is 2.38. The maximum Gasteiger partial charge on any atom is 0.258 e. The highest BCUT2D eigenvalue weighted by Gasteiger charge is 2.27. The Bertz CT molecular complexity index is 853. The average Bonchev–Trinajstić information content (AvgIpc) is 3.10. The zero-order valence-electron chi connectivity index (χ0n) is 15.3. The second-order valence-electron chi connectivity index (χ2n) is 6.97. The maximum absolute atomic E-state index is 13.8. The van der Waals surface area contributed by atoms with E-state index < -0.39 is 11.7 Å². The summed E-state index contributed by atoms with van der Waals surface area (Å²) in [5, 5.41) is 5.74. The molecule has 1 saturated carbocycles. The van der Waals surface area contributed by atoms with Gasteiger partial charge in [0.2, 0.25) is 0 Å². The van der Waals surface area contributed by atoms with Gasteiger partial charge in [0.15, 0.2) is 0 Å². The Labute approximate surface area is 158 Å². The van der Waals surface area contributed by atoms with Gasteiger partial charge in [-0.15, -0.1) is 0 Å². The van der Waals surface area contributed by atoms with Crippen LogP contribution in [0.2, 0.25) is 0 Å². The fourth-order valence-electron chi connectivity index (χ4n) is 3.49. The van der Waals surface area contributed by atoms with E-state index in [2.05, 4.69) is 10.6 Å². The van der Waals surface area contributed by atoms with Gasteiger partial charge in [-0.2, -0.15) is 0 Å². The first kappa shape index (κ1) is 19.0. The van der Waals surface area contributed by atoms with Crippen LogP contribution < -0.4 is 16.4 Å². The van der Waals surface area contributed by atoms with Gasteiger partial charge < -0.3 is 16.4 Å². The molecule has 2 aromatic carbocycles. The van der Waals surface area contributed by atoms with Crippen molar-refractivity contribution in [3.8, 4) is 0 Å². The first-order valence-corrected chi connectivity index (χ1v) is 9.17. The fraction of sp³-hybridized carbons (Fsp3) is 0.333. The lowest BCUT2D eigenvalue weighted by Crippen LogP contribution is -2.39. The molecule has 0 bridgehead atoms. The van der Waals surface area contributed by atoms with Crippen molar-refractivity contribution in [2.24, 2.45) is 11.7 Å². The number of rotatable bonds is 5. The number of carbonyl (C=O) groups is 2. The summed E-state index contributed by atoms with van der Waals surface area (Å²) < 4.78 is 13.8. The van der Waals surface area contributed by atoms with Gasteiger partial charge >= 0.3 is 0 Å². The molecule has 27 heavy (non-hydrogen) atoms. The second kappa shape index (κ2) is 8.31. The highest BCUT2D eigenvalue weighted by molar-refractivity contribution is 6.05. The maximum atomic E-state index is 13.8. The topological polar surface area (TPSA) is 84.2 Å². The van der Waals surface area contributed by atoms with Crippen molar-refractivity contribution in [2.75, 3.05) is 11.9 Å². The Kier molecular flexibility index (Phi) is 5.86. The third kappa shape index (κ3) is 4.34. The fourth-order valence-corrected chi connectivity index (χ4v) is 3.49. The van der Waals surface area contributed by atoms with E-state index in [1.807, 2.05) is 6.92 Å². The molecule has 1 aliphatic carbocycles. The van der Waals surface area contributed by atoms with Crippen molar-refractivity contribution in [1.82, 2.24) is 5.32 Å². The number of anilines is 1. The van der Waals surface area contributed by atoms with E-state index in [1.165, 1.54) is 18.2 Å². The molecule has 0 radical (unpaired) electrons. The lowest BCUT2D eigenvalue weighted by Gasteiger charge is -2.20. The van der Waals surface area contributed by atoms with Gasteiger partial charge in [-0.25, -0.2) is 4.39 Å². The van der Waals surface area contributed by atoms with Gasteiger partial charge in [0, 0.05) is 17.3 Å². The highest BCUT2D eigenvalue weighted by Crippen LogP contribution is 2.25.